The fourth-order valence-corrected chi connectivity index (χ4v) is 3.53. The van der Waals surface area contributed by atoms with Crippen LogP contribution in [0.1, 0.15) is 33.2 Å². The second-order valence-corrected chi connectivity index (χ2v) is 7.80. The van der Waals surface area contributed by atoms with Gasteiger partial charge in [-0.05, 0) is 38.1 Å². The Morgan fingerprint density at radius 2 is 1.65 bits per heavy atom. The number of hydrogen-bond donors (Lipinski definition) is 0. The van der Waals surface area contributed by atoms with Crippen molar-refractivity contribution in [1.29, 1.82) is 0 Å². The lowest BCUT2D eigenvalue weighted by Gasteiger charge is -2.15. The van der Waals surface area contributed by atoms with Crippen molar-refractivity contribution < 1.29 is 14.3 Å². The van der Waals surface area contributed by atoms with Gasteiger partial charge in [-0.25, -0.2) is 9.78 Å². The van der Waals surface area contributed by atoms with Gasteiger partial charge in [-0.2, -0.15) is 0 Å². The molecular weight excluding hydrogens is 410 g/mol. The van der Waals surface area contributed by atoms with Gasteiger partial charge in [-0.1, -0.05) is 71.8 Å². The van der Waals surface area contributed by atoms with E-state index in [1.54, 1.807) is 43.3 Å². The summed E-state index contributed by atoms with van der Waals surface area (Å²) in [6.07, 6.45) is -0.933. The van der Waals surface area contributed by atoms with E-state index in [1.807, 2.05) is 49.4 Å². The zero-order valence-corrected chi connectivity index (χ0v) is 17.9. The van der Waals surface area contributed by atoms with Crippen LogP contribution in [0.3, 0.4) is 0 Å². The molecule has 1 atom stereocenters. The number of aryl methyl sites for hydroxylation is 1. The highest BCUT2D eigenvalue weighted by Gasteiger charge is 2.23. The molecule has 0 fully saturated rings. The molecule has 0 radical (unpaired) electrons. The van der Waals surface area contributed by atoms with E-state index < -0.39 is 12.1 Å². The van der Waals surface area contributed by atoms with E-state index in [4.69, 9.17) is 16.3 Å². The zero-order valence-electron chi connectivity index (χ0n) is 17.1. The maximum absolute atomic E-state index is 13.1. The van der Waals surface area contributed by atoms with Gasteiger partial charge in [0.1, 0.15) is 0 Å². The summed E-state index contributed by atoms with van der Waals surface area (Å²) in [5, 5.41) is 1.06. The molecule has 1 aromatic heterocycles. The molecule has 0 N–H and O–H groups in total. The summed E-state index contributed by atoms with van der Waals surface area (Å²) in [7, 11) is 0. The second kappa shape index (κ2) is 8.70. The minimum absolute atomic E-state index is 0.256. The molecule has 0 aliphatic carbocycles. The molecular formula is C26H20ClNO3. The third kappa shape index (κ3) is 4.49. The maximum Gasteiger partial charge on any atom is 0.339 e. The number of Topliss-reactive ketones (excluding diaryl/α,β-unsaturated/α-hetero) is 1. The Balaban J connectivity index is 1.70. The number of halogens is 1. The lowest BCUT2D eigenvalue weighted by atomic mass is 10.0. The number of rotatable bonds is 5. The Bertz CT molecular complexity index is 1270. The topological polar surface area (TPSA) is 56.3 Å². The molecule has 0 unspecified atom stereocenters. The summed E-state index contributed by atoms with van der Waals surface area (Å²) in [5.74, 6) is -0.854. The molecule has 4 rings (SSSR count). The normalized spacial score (nSPS) is 11.8. The summed E-state index contributed by atoms with van der Waals surface area (Å²) < 4.78 is 5.56. The first kappa shape index (κ1) is 20.8. The maximum atomic E-state index is 13.1. The molecule has 4 nitrogen and oxygen atoms in total. The van der Waals surface area contributed by atoms with E-state index in [-0.39, 0.29) is 5.78 Å². The molecule has 0 bridgehead atoms. The minimum atomic E-state index is -0.933. The molecule has 0 aliphatic rings. The standard InChI is InChI=1S/C26H20ClNO3/c1-16-8-10-19(11-9-16)25(29)17(2)31-26(30)22-15-24(18-6-4-3-5-7-18)28-23-13-12-20(27)14-21(22)23/h3-15,17H,1-2H3/t17-/m0/s1. The van der Waals surface area contributed by atoms with Gasteiger partial charge in [0.2, 0.25) is 5.78 Å². The number of ketones is 1. The van der Waals surface area contributed by atoms with Gasteiger partial charge in [0.25, 0.3) is 0 Å². The van der Waals surface area contributed by atoms with Crippen molar-refractivity contribution in [3.63, 3.8) is 0 Å². The molecule has 4 aromatic rings. The van der Waals surface area contributed by atoms with Crippen LogP contribution in [0.5, 0.6) is 0 Å². The average Bonchev–Trinajstić information content (AvgIpc) is 2.79. The summed E-state index contributed by atoms with van der Waals surface area (Å²) >= 11 is 6.17. The van der Waals surface area contributed by atoms with Gasteiger partial charge in [0.15, 0.2) is 6.10 Å². The highest BCUT2D eigenvalue weighted by molar-refractivity contribution is 6.31. The van der Waals surface area contributed by atoms with Gasteiger partial charge < -0.3 is 4.74 Å². The zero-order chi connectivity index (χ0) is 22.0. The molecule has 0 spiro atoms. The van der Waals surface area contributed by atoms with Crippen molar-refractivity contribution >= 4 is 34.3 Å². The summed E-state index contributed by atoms with van der Waals surface area (Å²) in [6, 6.07) is 23.6. The fraction of sp³-hybridized carbons (Fsp3) is 0.115. The molecule has 5 heteroatoms. The SMILES string of the molecule is Cc1ccc(C(=O)[C@H](C)OC(=O)c2cc(-c3ccccc3)nc3ccc(Cl)cc23)cc1. The van der Waals surface area contributed by atoms with Crippen LogP contribution >= 0.6 is 11.6 Å². The van der Waals surface area contributed by atoms with Crippen LogP contribution in [0.2, 0.25) is 5.02 Å². The number of esters is 1. The smallest absolute Gasteiger partial charge is 0.339 e. The third-order valence-corrected chi connectivity index (χ3v) is 5.28. The van der Waals surface area contributed by atoms with Crippen molar-refractivity contribution in [2.75, 3.05) is 0 Å². The number of fused-ring (bicyclic) bond motifs is 1. The molecule has 31 heavy (non-hydrogen) atoms. The average molecular weight is 430 g/mol. The summed E-state index contributed by atoms with van der Waals surface area (Å²) in [4.78, 5) is 30.5. The lowest BCUT2D eigenvalue weighted by Crippen LogP contribution is -2.24. The molecule has 0 saturated heterocycles. The fourth-order valence-electron chi connectivity index (χ4n) is 3.35. The summed E-state index contributed by atoms with van der Waals surface area (Å²) in [5.41, 5.74) is 4.00. The van der Waals surface area contributed by atoms with Gasteiger partial charge >= 0.3 is 5.97 Å². The van der Waals surface area contributed by atoms with Crippen LogP contribution in [-0.2, 0) is 4.74 Å². The van der Waals surface area contributed by atoms with Crippen LogP contribution in [-0.4, -0.2) is 22.8 Å². The number of carbonyl (C=O) groups is 2. The van der Waals surface area contributed by atoms with Crippen LogP contribution in [0, 0.1) is 6.92 Å². The molecule has 3 aromatic carbocycles. The highest BCUT2D eigenvalue weighted by Crippen LogP contribution is 2.28. The Kier molecular flexibility index (Phi) is 5.83. The highest BCUT2D eigenvalue weighted by atomic mass is 35.5. The number of benzene rings is 3. The quantitative estimate of drug-likeness (QED) is 0.276. The largest absolute Gasteiger partial charge is 0.451 e. The van der Waals surface area contributed by atoms with Crippen molar-refractivity contribution in [1.82, 2.24) is 4.98 Å². The van der Waals surface area contributed by atoms with E-state index in [1.165, 1.54) is 0 Å². The Morgan fingerprint density at radius 3 is 2.35 bits per heavy atom. The van der Waals surface area contributed by atoms with Crippen molar-refractivity contribution in [2.45, 2.75) is 20.0 Å². The Morgan fingerprint density at radius 1 is 0.935 bits per heavy atom. The van der Waals surface area contributed by atoms with Gasteiger partial charge in [0, 0.05) is 21.5 Å². The molecule has 0 amide bonds. The van der Waals surface area contributed by atoms with Crippen molar-refractivity contribution in [3.8, 4) is 11.3 Å². The number of carbonyl (C=O) groups excluding carboxylic acids is 2. The molecule has 154 valence electrons. The third-order valence-electron chi connectivity index (χ3n) is 5.05. The van der Waals surface area contributed by atoms with Crippen LogP contribution in [0.15, 0.2) is 78.9 Å². The number of pyridine rings is 1. The number of nitrogens with zero attached hydrogens (tertiary/aromatic N) is 1. The molecule has 0 aliphatic heterocycles. The Labute approximate surface area is 185 Å². The van der Waals surface area contributed by atoms with E-state index in [0.29, 0.717) is 32.7 Å². The van der Waals surface area contributed by atoms with Gasteiger partial charge in [0.05, 0.1) is 16.8 Å². The van der Waals surface area contributed by atoms with Crippen LogP contribution in [0.4, 0.5) is 0 Å². The van der Waals surface area contributed by atoms with E-state index in [0.717, 1.165) is 11.1 Å². The predicted octanol–water partition coefficient (Wildman–Crippen LogP) is 6.29. The van der Waals surface area contributed by atoms with E-state index in [2.05, 4.69) is 4.98 Å². The van der Waals surface area contributed by atoms with Crippen molar-refractivity contribution in [3.05, 3.63) is 101 Å². The number of aromatic nitrogens is 1. The lowest BCUT2D eigenvalue weighted by molar-refractivity contribution is 0.0320. The van der Waals surface area contributed by atoms with E-state index >= 15 is 0 Å². The van der Waals surface area contributed by atoms with Gasteiger partial charge in [-0.15, -0.1) is 0 Å². The first-order valence-electron chi connectivity index (χ1n) is 9.90. The minimum Gasteiger partial charge on any atom is -0.451 e. The molecule has 1 heterocycles. The monoisotopic (exact) mass is 429 g/mol. The number of ether oxygens (including phenoxy) is 1. The van der Waals surface area contributed by atoms with Crippen molar-refractivity contribution in [2.24, 2.45) is 0 Å². The number of hydrogen-bond acceptors (Lipinski definition) is 4. The molecule has 0 saturated carbocycles. The van der Waals surface area contributed by atoms with Crippen LogP contribution in [0.25, 0.3) is 22.2 Å². The summed E-state index contributed by atoms with van der Waals surface area (Å²) in [6.45, 7) is 3.52. The first-order valence-corrected chi connectivity index (χ1v) is 10.3. The van der Waals surface area contributed by atoms with Crippen LogP contribution < -0.4 is 0 Å². The van der Waals surface area contributed by atoms with Gasteiger partial charge in [-0.3, -0.25) is 4.79 Å². The Hall–Kier alpha value is -3.50. The predicted molar refractivity (Wildman–Crippen MR) is 123 cm³/mol. The second-order valence-electron chi connectivity index (χ2n) is 7.36. The van der Waals surface area contributed by atoms with E-state index in [9.17, 15) is 9.59 Å². The first-order chi connectivity index (χ1) is 14.9.